The Labute approximate surface area is 154 Å². The second kappa shape index (κ2) is 7.72. The predicted molar refractivity (Wildman–Crippen MR) is 99.2 cm³/mol. The molecule has 1 N–H and O–H groups in total. The molecule has 0 aliphatic rings. The molecule has 1 heterocycles. The molecule has 0 spiro atoms. The minimum atomic E-state index is -0.210. The van der Waals surface area contributed by atoms with E-state index >= 15 is 0 Å². The van der Waals surface area contributed by atoms with Crippen LogP contribution in [0.25, 0.3) is 10.9 Å². The fraction of sp³-hybridized carbons (Fsp3) is 0.211. The molecule has 1 aromatic heterocycles. The van der Waals surface area contributed by atoms with E-state index in [2.05, 4.69) is 20.9 Å². The molecule has 3 aromatic rings. The predicted octanol–water partition coefficient (Wildman–Crippen LogP) is 4.09. The van der Waals surface area contributed by atoms with Crippen molar-refractivity contribution < 1.29 is 19.3 Å². The van der Waals surface area contributed by atoms with Crippen molar-refractivity contribution in [2.24, 2.45) is 0 Å². The van der Waals surface area contributed by atoms with Gasteiger partial charge in [0.15, 0.2) is 5.75 Å². The zero-order valence-corrected chi connectivity index (χ0v) is 15.5. The number of pyridine rings is 1. The first-order valence-electron chi connectivity index (χ1n) is 7.69. The Kier molecular flexibility index (Phi) is 5.40. The molecule has 0 unspecified atom stereocenters. The number of hydrogen-bond acceptors (Lipinski definition) is 5. The molecule has 6 heteroatoms. The third-order valence-corrected chi connectivity index (χ3v) is 4.64. The topological polar surface area (TPSA) is 60.8 Å². The molecule has 0 radical (unpaired) electrons. The summed E-state index contributed by atoms with van der Waals surface area (Å²) in [5.41, 5.74) is 2.23. The number of methoxy groups -OCH3 is 2. The lowest BCUT2D eigenvalue weighted by Crippen LogP contribution is -2.03. The van der Waals surface area contributed by atoms with Crippen molar-refractivity contribution in [2.75, 3.05) is 14.2 Å². The van der Waals surface area contributed by atoms with Crippen molar-refractivity contribution in [3.8, 4) is 17.2 Å². The largest absolute Gasteiger partial charge is 0.497 e. The van der Waals surface area contributed by atoms with E-state index in [9.17, 15) is 5.11 Å². The number of fused-ring (bicyclic) bond motifs is 1. The van der Waals surface area contributed by atoms with Crippen LogP contribution < -0.4 is 14.2 Å². The quantitative estimate of drug-likeness (QED) is 0.671. The number of ether oxygens (including phenoxy) is 3. The average molecular weight is 404 g/mol. The third kappa shape index (κ3) is 3.70. The summed E-state index contributed by atoms with van der Waals surface area (Å²) >= 11 is 3.58. The van der Waals surface area contributed by atoms with Crippen LogP contribution in [-0.2, 0) is 13.2 Å². The number of halogens is 1. The van der Waals surface area contributed by atoms with E-state index in [1.54, 1.807) is 14.2 Å². The summed E-state index contributed by atoms with van der Waals surface area (Å²) in [5.74, 6) is 2.05. The highest BCUT2D eigenvalue weighted by Gasteiger charge is 2.15. The van der Waals surface area contributed by atoms with Crippen molar-refractivity contribution in [3.63, 3.8) is 0 Å². The zero-order valence-electron chi connectivity index (χ0n) is 14.0. The van der Waals surface area contributed by atoms with E-state index in [1.165, 1.54) is 0 Å². The van der Waals surface area contributed by atoms with Crippen LogP contribution in [-0.4, -0.2) is 24.3 Å². The molecule has 0 aliphatic heterocycles. The highest BCUT2D eigenvalue weighted by molar-refractivity contribution is 9.10. The van der Waals surface area contributed by atoms with Crippen LogP contribution in [0.1, 0.15) is 11.3 Å². The summed E-state index contributed by atoms with van der Waals surface area (Å²) in [5, 5.41) is 10.5. The SMILES string of the molecule is COc1ccc(COc2c(CO)nc3ccc(OC)cc3c2Br)cc1. The number of benzene rings is 2. The Morgan fingerprint density at radius 2 is 1.68 bits per heavy atom. The van der Waals surface area contributed by atoms with Gasteiger partial charge in [-0.25, -0.2) is 4.98 Å². The monoisotopic (exact) mass is 403 g/mol. The van der Waals surface area contributed by atoms with Gasteiger partial charge in [0.05, 0.1) is 30.8 Å². The first-order chi connectivity index (χ1) is 12.2. The maximum absolute atomic E-state index is 9.66. The van der Waals surface area contributed by atoms with Gasteiger partial charge in [0.25, 0.3) is 0 Å². The van der Waals surface area contributed by atoms with Crippen molar-refractivity contribution in [2.45, 2.75) is 13.2 Å². The third-order valence-electron chi connectivity index (χ3n) is 3.85. The van der Waals surface area contributed by atoms with Gasteiger partial charge in [0, 0.05) is 5.39 Å². The van der Waals surface area contributed by atoms with Crippen LogP contribution in [0, 0.1) is 0 Å². The molecule has 0 amide bonds. The summed E-state index contributed by atoms with van der Waals surface area (Å²) in [4.78, 5) is 4.49. The normalized spacial score (nSPS) is 10.7. The van der Waals surface area contributed by atoms with E-state index in [0.717, 1.165) is 32.4 Å². The molecular weight excluding hydrogens is 386 g/mol. The number of rotatable bonds is 6. The minimum absolute atomic E-state index is 0.210. The molecule has 0 atom stereocenters. The molecule has 5 nitrogen and oxygen atoms in total. The number of aromatic nitrogens is 1. The van der Waals surface area contributed by atoms with Gasteiger partial charge in [-0.05, 0) is 51.8 Å². The van der Waals surface area contributed by atoms with Gasteiger partial charge in [0.2, 0.25) is 0 Å². The summed E-state index contributed by atoms with van der Waals surface area (Å²) in [6.45, 7) is 0.144. The summed E-state index contributed by atoms with van der Waals surface area (Å²) in [6.07, 6.45) is 0. The van der Waals surface area contributed by atoms with E-state index in [-0.39, 0.29) is 6.61 Å². The van der Waals surface area contributed by atoms with Gasteiger partial charge in [-0.1, -0.05) is 12.1 Å². The summed E-state index contributed by atoms with van der Waals surface area (Å²) in [7, 11) is 3.25. The van der Waals surface area contributed by atoms with Crippen LogP contribution in [0.4, 0.5) is 0 Å². The average Bonchev–Trinajstić information content (AvgIpc) is 2.67. The van der Waals surface area contributed by atoms with Crippen LogP contribution in [0.5, 0.6) is 17.2 Å². The van der Waals surface area contributed by atoms with E-state index in [0.29, 0.717) is 18.1 Å². The number of aliphatic hydroxyl groups is 1. The molecule has 0 fully saturated rings. The number of hydrogen-bond donors (Lipinski definition) is 1. The summed E-state index contributed by atoms with van der Waals surface area (Å²) in [6, 6.07) is 13.2. The van der Waals surface area contributed by atoms with Gasteiger partial charge in [-0.2, -0.15) is 0 Å². The highest BCUT2D eigenvalue weighted by Crippen LogP contribution is 2.37. The highest BCUT2D eigenvalue weighted by atomic mass is 79.9. The molecule has 0 bridgehead atoms. The van der Waals surface area contributed by atoms with Crippen molar-refractivity contribution in [1.29, 1.82) is 0 Å². The fourth-order valence-corrected chi connectivity index (χ4v) is 3.15. The molecule has 0 saturated carbocycles. The molecule has 3 rings (SSSR count). The number of nitrogens with zero attached hydrogens (tertiary/aromatic N) is 1. The van der Waals surface area contributed by atoms with Crippen molar-refractivity contribution in [1.82, 2.24) is 4.98 Å². The lowest BCUT2D eigenvalue weighted by atomic mass is 10.1. The van der Waals surface area contributed by atoms with Crippen LogP contribution in [0.2, 0.25) is 0 Å². The molecule has 25 heavy (non-hydrogen) atoms. The van der Waals surface area contributed by atoms with Crippen molar-refractivity contribution >= 4 is 26.8 Å². The molecule has 0 saturated heterocycles. The summed E-state index contributed by atoms with van der Waals surface area (Å²) < 4.78 is 17.1. The molecular formula is C19H18BrNO4. The Morgan fingerprint density at radius 3 is 2.32 bits per heavy atom. The lowest BCUT2D eigenvalue weighted by molar-refractivity contribution is 0.253. The van der Waals surface area contributed by atoms with Gasteiger partial charge in [-0.15, -0.1) is 0 Å². The Hall–Kier alpha value is -2.31. The van der Waals surface area contributed by atoms with Crippen molar-refractivity contribution in [3.05, 3.63) is 58.2 Å². The maximum atomic E-state index is 9.66. The Bertz CT molecular complexity index is 881. The molecule has 130 valence electrons. The maximum Gasteiger partial charge on any atom is 0.158 e. The lowest BCUT2D eigenvalue weighted by Gasteiger charge is -2.14. The second-order valence-electron chi connectivity index (χ2n) is 5.38. The van der Waals surface area contributed by atoms with Crippen LogP contribution in [0.15, 0.2) is 46.9 Å². The Morgan fingerprint density at radius 1 is 1.00 bits per heavy atom. The fourth-order valence-electron chi connectivity index (χ4n) is 2.49. The first kappa shape index (κ1) is 17.5. The van der Waals surface area contributed by atoms with Crippen LogP contribution in [0.3, 0.4) is 0 Å². The number of aliphatic hydroxyl groups excluding tert-OH is 1. The van der Waals surface area contributed by atoms with Gasteiger partial charge >= 0.3 is 0 Å². The van der Waals surface area contributed by atoms with E-state index in [1.807, 2.05) is 42.5 Å². The van der Waals surface area contributed by atoms with E-state index < -0.39 is 0 Å². The zero-order chi connectivity index (χ0) is 17.8. The van der Waals surface area contributed by atoms with Gasteiger partial charge < -0.3 is 19.3 Å². The van der Waals surface area contributed by atoms with Gasteiger partial charge in [-0.3, -0.25) is 0 Å². The molecule has 0 aliphatic carbocycles. The minimum Gasteiger partial charge on any atom is -0.497 e. The first-order valence-corrected chi connectivity index (χ1v) is 8.48. The second-order valence-corrected chi connectivity index (χ2v) is 6.17. The van der Waals surface area contributed by atoms with E-state index in [4.69, 9.17) is 14.2 Å². The van der Waals surface area contributed by atoms with Gasteiger partial charge in [0.1, 0.15) is 23.8 Å². The smallest absolute Gasteiger partial charge is 0.158 e. The Balaban J connectivity index is 1.94. The van der Waals surface area contributed by atoms with Crippen LogP contribution >= 0.6 is 15.9 Å². The standard InChI is InChI=1S/C19H18BrNO4/c1-23-13-5-3-12(4-6-13)11-25-19-17(10-22)21-16-8-7-14(24-2)9-15(16)18(19)20/h3-9,22H,10-11H2,1-2H3. The molecule has 2 aromatic carbocycles.